The van der Waals surface area contributed by atoms with Crippen LogP contribution in [-0.4, -0.2) is 35.7 Å². The van der Waals surface area contributed by atoms with Gasteiger partial charge in [0.15, 0.2) is 11.5 Å². The molecule has 8 nitrogen and oxygen atoms in total. The summed E-state index contributed by atoms with van der Waals surface area (Å²) in [5, 5.41) is 19.1. The number of anilines is 1. The number of aromatic nitrogens is 4. The van der Waals surface area contributed by atoms with E-state index in [2.05, 4.69) is 15.0 Å². The van der Waals surface area contributed by atoms with Crippen LogP contribution < -0.4 is 5.73 Å². The number of carbonyl (C=O) groups is 1. The number of fused-ring (bicyclic) bond motifs is 1. The van der Waals surface area contributed by atoms with Crippen LogP contribution in [0.15, 0.2) is 12.7 Å². The van der Waals surface area contributed by atoms with E-state index in [-0.39, 0.29) is 23.4 Å². The number of nitrogens with zero attached hydrogens (tertiary/aromatic N) is 4. The Kier molecular flexibility index (Phi) is 2.43. The first-order chi connectivity index (χ1) is 8.00. The Labute approximate surface area is 95.7 Å². The van der Waals surface area contributed by atoms with Gasteiger partial charge in [0.2, 0.25) is 5.72 Å². The van der Waals surface area contributed by atoms with Crippen molar-refractivity contribution < 1.29 is 15.0 Å². The van der Waals surface area contributed by atoms with E-state index in [1.807, 2.05) is 0 Å². The predicted molar refractivity (Wildman–Crippen MR) is 57.9 cm³/mol. The molecule has 2 aromatic rings. The number of imidazole rings is 1. The van der Waals surface area contributed by atoms with Crippen LogP contribution in [0.5, 0.6) is 0 Å². The first-order valence-electron chi connectivity index (χ1n) is 4.90. The number of carboxylic acids is 1. The molecule has 90 valence electrons. The molecule has 8 heteroatoms. The van der Waals surface area contributed by atoms with Crippen molar-refractivity contribution in [2.24, 2.45) is 0 Å². The molecule has 1 atom stereocenters. The summed E-state index contributed by atoms with van der Waals surface area (Å²) < 4.78 is 1.07. The molecule has 2 rings (SSSR count). The lowest BCUT2D eigenvalue weighted by Gasteiger charge is -2.23. The van der Waals surface area contributed by atoms with Crippen molar-refractivity contribution in [3.05, 3.63) is 12.7 Å². The van der Waals surface area contributed by atoms with Gasteiger partial charge in [0.1, 0.15) is 18.2 Å². The van der Waals surface area contributed by atoms with Crippen molar-refractivity contribution in [2.45, 2.75) is 19.1 Å². The number of rotatable bonds is 3. The summed E-state index contributed by atoms with van der Waals surface area (Å²) in [5.41, 5.74) is 3.94. The molecular formula is C9H11N5O3. The minimum absolute atomic E-state index is 0.0301. The van der Waals surface area contributed by atoms with E-state index in [4.69, 9.17) is 10.8 Å². The fourth-order valence-corrected chi connectivity index (χ4v) is 1.55. The quantitative estimate of drug-likeness (QED) is 0.659. The molecule has 0 aliphatic carbocycles. The summed E-state index contributed by atoms with van der Waals surface area (Å²) in [7, 11) is 0. The van der Waals surface area contributed by atoms with Crippen LogP contribution in [0.2, 0.25) is 0 Å². The van der Waals surface area contributed by atoms with Gasteiger partial charge in [0, 0.05) is 6.42 Å². The second-order valence-electron chi connectivity index (χ2n) is 3.52. The van der Waals surface area contributed by atoms with Crippen LogP contribution in [0.4, 0.5) is 5.82 Å². The van der Waals surface area contributed by atoms with E-state index >= 15 is 0 Å². The number of nitrogen functional groups attached to an aromatic ring is 1. The van der Waals surface area contributed by atoms with Crippen molar-refractivity contribution >= 4 is 23.0 Å². The molecule has 0 saturated heterocycles. The van der Waals surface area contributed by atoms with Gasteiger partial charge in [0.25, 0.3) is 0 Å². The molecule has 0 fully saturated rings. The van der Waals surface area contributed by atoms with Crippen LogP contribution in [0.1, 0.15) is 13.3 Å². The van der Waals surface area contributed by atoms with Gasteiger partial charge in [-0.1, -0.05) is 6.92 Å². The molecule has 0 aliphatic rings. The lowest BCUT2D eigenvalue weighted by Crippen LogP contribution is -2.40. The largest absolute Gasteiger partial charge is 0.478 e. The van der Waals surface area contributed by atoms with Gasteiger partial charge < -0.3 is 15.9 Å². The molecule has 0 aliphatic heterocycles. The third-order valence-corrected chi connectivity index (χ3v) is 2.60. The lowest BCUT2D eigenvalue weighted by molar-refractivity contribution is -0.170. The fourth-order valence-electron chi connectivity index (χ4n) is 1.55. The predicted octanol–water partition coefficient (Wildman–Crippen LogP) is -0.452. The van der Waals surface area contributed by atoms with Gasteiger partial charge in [0.05, 0.1) is 0 Å². The molecule has 0 bridgehead atoms. The maximum atomic E-state index is 11.1. The number of aliphatic carboxylic acids is 1. The Bertz CT molecular complexity index is 581. The zero-order chi connectivity index (χ0) is 12.6. The Hall–Kier alpha value is -2.22. The third kappa shape index (κ3) is 1.49. The first-order valence-corrected chi connectivity index (χ1v) is 4.90. The van der Waals surface area contributed by atoms with Crippen molar-refractivity contribution in [3.63, 3.8) is 0 Å². The fraction of sp³-hybridized carbons (Fsp3) is 0.333. The number of aliphatic hydroxyl groups is 1. The number of nitrogens with two attached hydrogens (primary N) is 1. The minimum atomic E-state index is -2.09. The van der Waals surface area contributed by atoms with E-state index in [0.29, 0.717) is 0 Å². The summed E-state index contributed by atoms with van der Waals surface area (Å²) in [6, 6.07) is 0. The number of hydrogen-bond donors (Lipinski definition) is 3. The molecule has 1 unspecified atom stereocenters. The normalized spacial score (nSPS) is 14.7. The molecule has 0 aromatic carbocycles. The molecule has 0 spiro atoms. The van der Waals surface area contributed by atoms with Crippen LogP contribution in [0.3, 0.4) is 0 Å². The van der Waals surface area contributed by atoms with Crippen LogP contribution in [0, 0.1) is 0 Å². The Morgan fingerprint density at radius 1 is 1.53 bits per heavy atom. The number of carboxylic acid groups (broad SMARTS) is 1. The smallest absolute Gasteiger partial charge is 0.357 e. The lowest BCUT2D eigenvalue weighted by atomic mass is 10.1. The maximum absolute atomic E-state index is 11.1. The van der Waals surface area contributed by atoms with Gasteiger partial charge in [-0.05, 0) is 0 Å². The van der Waals surface area contributed by atoms with Crippen LogP contribution in [0.25, 0.3) is 11.2 Å². The highest BCUT2D eigenvalue weighted by molar-refractivity contribution is 5.84. The van der Waals surface area contributed by atoms with Gasteiger partial charge in [-0.15, -0.1) is 0 Å². The number of hydrogen-bond acceptors (Lipinski definition) is 6. The zero-order valence-corrected chi connectivity index (χ0v) is 9.03. The molecule has 2 heterocycles. The summed E-state index contributed by atoms with van der Waals surface area (Å²) in [6.07, 6.45) is 2.35. The molecule has 4 N–H and O–H groups in total. The van der Waals surface area contributed by atoms with Gasteiger partial charge >= 0.3 is 5.97 Å². The first kappa shape index (κ1) is 11.3. The zero-order valence-electron chi connectivity index (χ0n) is 9.03. The highest BCUT2D eigenvalue weighted by Crippen LogP contribution is 2.24. The Morgan fingerprint density at radius 2 is 2.24 bits per heavy atom. The summed E-state index contributed by atoms with van der Waals surface area (Å²) >= 11 is 0. The van der Waals surface area contributed by atoms with Gasteiger partial charge in [-0.3, -0.25) is 4.57 Å². The molecule has 2 aromatic heterocycles. The molecular weight excluding hydrogens is 226 g/mol. The monoisotopic (exact) mass is 237 g/mol. The van der Waals surface area contributed by atoms with Crippen molar-refractivity contribution in [1.29, 1.82) is 0 Å². The van der Waals surface area contributed by atoms with Gasteiger partial charge in [-0.25, -0.2) is 19.7 Å². The SMILES string of the molecule is CCC(O)(C(=O)O)n1cnc2c(N)ncnc21. The van der Waals surface area contributed by atoms with Gasteiger partial charge in [-0.2, -0.15) is 0 Å². The standard InChI is InChI=1S/C9H11N5O3/c1-2-9(17,8(15)16)14-4-13-5-6(10)11-3-12-7(5)14/h3-4,17H,2H2,1H3,(H,15,16)(H2,10,11,12). The summed E-state index contributed by atoms with van der Waals surface area (Å²) in [5.74, 6) is -1.24. The van der Waals surface area contributed by atoms with E-state index < -0.39 is 11.7 Å². The topological polar surface area (TPSA) is 127 Å². The molecule has 17 heavy (non-hydrogen) atoms. The van der Waals surface area contributed by atoms with Crippen LogP contribution >= 0.6 is 0 Å². The molecule has 0 saturated carbocycles. The van der Waals surface area contributed by atoms with E-state index in [9.17, 15) is 9.90 Å². The third-order valence-electron chi connectivity index (χ3n) is 2.60. The maximum Gasteiger partial charge on any atom is 0.357 e. The highest BCUT2D eigenvalue weighted by atomic mass is 16.4. The summed E-state index contributed by atoms with van der Waals surface area (Å²) in [6.45, 7) is 1.55. The van der Waals surface area contributed by atoms with Crippen molar-refractivity contribution in [2.75, 3.05) is 5.73 Å². The van der Waals surface area contributed by atoms with Crippen molar-refractivity contribution in [3.8, 4) is 0 Å². The van der Waals surface area contributed by atoms with Crippen molar-refractivity contribution in [1.82, 2.24) is 19.5 Å². The Morgan fingerprint density at radius 3 is 2.82 bits per heavy atom. The van der Waals surface area contributed by atoms with E-state index in [1.165, 1.54) is 12.7 Å². The average molecular weight is 237 g/mol. The minimum Gasteiger partial charge on any atom is -0.478 e. The summed E-state index contributed by atoms with van der Waals surface area (Å²) in [4.78, 5) is 22.6. The second kappa shape index (κ2) is 3.67. The van der Waals surface area contributed by atoms with E-state index in [1.54, 1.807) is 6.92 Å². The molecule has 0 radical (unpaired) electrons. The van der Waals surface area contributed by atoms with E-state index in [0.717, 1.165) is 4.57 Å². The van der Waals surface area contributed by atoms with Crippen LogP contribution in [-0.2, 0) is 10.5 Å². The highest BCUT2D eigenvalue weighted by Gasteiger charge is 2.37. The second-order valence-corrected chi connectivity index (χ2v) is 3.52. The average Bonchev–Trinajstić information content (AvgIpc) is 2.73. The molecule has 0 amide bonds. The Balaban J connectivity index is 2.72.